The van der Waals surface area contributed by atoms with Crippen molar-refractivity contribution in [2.75, 3.05) is 0 Å². The van der Waals surface area contributed by atoms with Gasteiger partial charge in [0.25, 0.3) is 0 Å². The molecular formula is C13H9N5O. The van der Waals surface area contributed by atoms with E-state index < -0.39 is 0 Å². The van der Waals surface area contributed by atoms with Crippen molar-refractivity contribution < 1.29 is 5.21 Å². The molecule has 92 valence electrons. The highest BCUT2D eigenvalue weighted by atomic mass is 16.5. The molecule has 0 aliphatic carbocycles. The van der Waals surface area contributed by atoms with Crippen LogP contribution in [0, 0.1) is 0 Å². The summed E-state index contributed by atoms with van der Waals surface area (Å²) >= 11 is 0. The highest BCUT2D eigenvalue weighted by molar-refractivity contribution is 5.87. The lowest BCUT2D eigenvalue weighted by atomic mass is 10.2. The van der Waals surface area contributed by atoms with E-state index >= 15 is 0 Å². The van der Waals surface area contributed by atoms with Gasteiger partial charge >= 0.3 is 0 Å². The third-order valence-electron chi connectivity index (χ3n) is 3.14. The molecule has 4 rings (SSSR count). The highest BCUT2D eigenvalue weighted by Crippen LogP contribution is 2.24. The molecule has 3 aromatic heterocycles. The Bertz CT molecular complexity index is 892. The van der Waals surface area contributed by atoms with Gasteiger partial charge in [0.1, 0.15) is 11.2 Å². The van der Waals surface area contributed by atoms with Crippen molar-refractivity contribution in [3.8, 4) is 5.69 Å². The van der Waals surface area contributed by atoms with Crippen molar-refractivity contribution in [1.82, 2.24) is 24.7 Å². The molecule has 1 aromatic carbocycles. The molecule has 0 atom stereocenters. The lowest BCUT2D eigenvalue weighted by Gasteiger charge is -2.05. The second kappa shape index (κ2) is 3.55. The van der Waals surface area contributed by atoms with Gasteiger partial charge in [-0.1, -0.05) is 10.9 Å². The molecule has 0 radical (unpaired) electrons. The molecule has 0 saturated heterocycles. The third-order valence-corrected chi connectivity index (χ3v) is 3.14. The lowest BCUT2D eigenvalue weighted by molar-refractivity contribution is 0.154. The number of rotatable bonds is 1. The van der Waals surface area contributed by atoms with Crippen LogP contribution in [0.1, 0.15) is 0 Å². The minimum atomic E-state index is 0.561. The molecule has 19 heavy (non-hydrogen) atoms. The summed E-state index contributed by atoms with van der Waals surface area (Å²) in [5.74, 6) is 0. The number of aromatic nitrogens is 5. The Morgan fingerprint density at radius 2 is 2.00 bits per heavy atom. The van der Waals surface area contributed by atoms with E-state index in [1.165, 1.54) is 0 Å². The van der Waals surface area contributed by atoms with Crippen LogP contribution >= 0.6 is 0 Å². The predicted molar refractivity (Wildman–Crippen MR) is 69.3 cm³/mol. The van der Waals surface area contributed by atoms with E-state index in [9.17, 15) is 5.21 Å². The summed E-state index contributed by atoms with van der Waals surface area (Å²) in [6.07, 6.45) is 3.66. The van der Waals surface area contributed by atoms with Gasteiger partial charge in [0.2, 0.25) is 0 Å². The van der Waals surface area contributed by atoms with Gasteiger partial charge in [-0.2, -0.15) is 0 Å². The van der Waals surface area contributed by atoms with Crippen LogP contribution in [-0.2, 0) is 0 Å². The Morgan fingerprint density at radius 1 is 1.05 bits per heavy atom. The van der Waals surface area contributed by atoms with Crippen LogP contribution in [0.2, 0.25) is 0 Å². The summed E-state index contributed by atoms with van der Waals surface area (Å²) in [6, 6.07) is 11.4. The van der Waals surface area contributed by atoms with Crippen LogP contribution in [0.4, 0.5) is 0 Å². The highest BCUT2D eigenvalue weighted by Gasteiger charge is 2.12. The maximum Gasteiger partial charge on any atom is 0.154 e. The Kier molecular flexibility index (Phi) is 1.88. The van der Waals surface area contributed by atoms with Gasteiger partial charge in [0.15, 0.2) is 5.52 Å². The topological polar surface area (TPSA) is 68.8 Å². The quantitative estimate of drug-likeness (QED) is 0.525. The van der Waals surface area contributed by atoms with Gasteiger partial charge < -0.3 is 5.21 Å². The average molecular weight is 251 g/mol. The first-order valence-electron chi connectivity index (χ1n) is 5.81. The van der Waals surface area contributed by atoms with Crippen LogP contribution in [0.15, 0.2) is 48.8 Å². The van der Waals surface area contributed by atoms with E-state index in [2.05, 4.69) is 15.3 Å². The van der Waals surface area contributed by atoms with Crippen molar-refractivity contribution in [3.63, 3.8) is 0 Å². The molecule has 1 N–H and O–H groups in total. The zero-order valence-corrected chi connectivity index (χ0v) is 9.80. The maximum absolute atomic E-state index is 9.77. The van der Waals surface area contributed by atoms with E-state index in [0.29, 0.717) is 11.0 Å². The smallest absolute Gasteiger partial charge is 0.154 e. The molecule has 6 nitrogen and oxygen atoms in total. The third kappa shape index (κ3) is 1.33. The van der Waals surface area contributed by atoms with E-state index in [1.54, 1.807) is 12.3 Å². The monoisotopic (exact) mass is 251 g/mol. The Morgan fingerprint density at radius 3 is 2.95 bits per heavy atom. The molecule has 4 aromatic rings. The van der Waals surface area contributed by atoms with Crippen LogP contribution in [0.25, 0.3) is 27.8 Å². The van der Waals surface area contributed by atoms with E-state index in [0.717, 1.165) is 21.6 Å². The van der Waals surface area contributed by atoms with Crippen molar-refractivity contribution in [2.45, 2.75) is 0 Å². The van der Waals surface area contributed by atoms with E-state index in [1.807, 2.05) is 41.1 Å². The Hall–Kier alpha value is -2.89. The van der Waals surface area contributed by atoms with Crippen LogP contribution in [0.5, 0.6) is 0 Å². The van der Waals surface area contributed by atoms with Gasteiger partial charge in [0.05, 0.1) is 5.69 Å². The van der Waals surface area contributed by atoms with Crippen LogP contribution in [-0.4, -0.2) is 29.9 Å². The van der Waals surface area contributed by atoms with Crippen molar-refractivity contribution in [2.24, 2.45) is 0 Å². The first-order valence-corrected chi connectivity index (χ1v) is 5.81. The van der Waals surface area contributed by atoms with E-state index in [4.69, 9.17) is 0 Å². The van der Waals surface area contributed by atoms with Gasteiger partial charge in [-0.05, 0) is 35.5 Å². The van der Waals surface area contributed by atoms with Crippen LogP contribution < -0.4 is 0 Å². The molecule has 0 unspecified atom stereocenters. The molecule has 0 saturated carbocycles. The first kappa shape index (κ1) is 10.1. The summed E-state index contributed by atoms with van der Waals surface area (Å²) < 4.78 is 1.91. The molecule has 0 spiro atoms. The van der Waals surface area contributed by atoms with Gasteiger partial charge in [-0.25, -0.2) is 4.98 Å². The SMILES string of the molecule is On1nnc2cccc(-n3ccc4cccnc43)c21. The minimum absolute atomic E-state index is 0.561. The van der Waals surface area contributed by atoms with Crippen molar-refractivity contribution >= 4 is 22.1 Å². The number of hydrogen-bond donors (Lipinski definition) is 1. The standard InChI is InChI=1S/C13H9N5O/c19-18-12-10(15-16-18)4-1-5-11(12)17-8-6-9-3-2-7-14-13(9)17/h1-8,19H. The number of fused-ring (bicyclic) bond motifs is 2. The normalized spacial score (nSPS) is 11.4. The minimum Gasteiger partial charge on any atom is -0.410 e. The number of hydrogen-bond acceptors (Lipinski definition) is 4. The second-order valence-corrected chi connectivity index (χ2v) is 4.23. The first-order chi connectivity index (χ1) is 9.34. The van der Waals surface area contributed by atoms with Gasteiger partial charge in [-0.3, -0.25) is 4.57 Å². The predicted octanol–water partition coefficient (Wildman–Crippen LogP) is 2.01. The molecule has 3 heterocycles. The number of nitrogens with zero attached hydrogens (tertiary/aromatic N) is 5. The fourth-order valence-electron chi connectivity index (χ4n) is 2.30. The lowest BCUT2D eigenvalue weighted by Crippen LogP contribution is -1.99. The largest absolute Gasteiger partial charge is 0.410 e. The van der Waals surface area contributed by atoms with E-state index in [-0.39, 0.29) is 0 Å². The molecule has 0 bridgehead atoms. The summed E-state index contributed by atoms with van der Waals surface area (Å²) in [5.41, 5.74) is 2.82. The second-order valence-electron chi connectivity index (χ2n) is 4.23. The molecular weight excluding hydrogens is 242 g/mol. The van der Waals surface area contributed by atoms with Crippen molar-refractivity contribution in [3.05, 3.63) is 48.8 Å². The maximum atomic E-state index is 9.77. The molecule has 0 aliphatic rings. The Labute approximate surface area is 107 Å². The zero-order chi connectivity index (χ0) is 12.8. The summed E-state index contributed by atoms with van der Waals surface area (Å²) in [4.78, 5) is 5.16. The average Bonchev–Trinajstić information content (AvgIpc) is 3.03. The summed E-state index contributed by atoms with van der Waals surface area (Å²) in [6.45, 7) is 0. The Balaban J connectivity index is 2.12. The molecule has 0 fully saturated rings. The summed E-state index contributed by atoms with van der Waals surface area (Å²) in [5, 5.41) is 18.3. The summed E-state index contributed by atoms with van der Waals surface area (Å²) in [7, 11) is 0. The molecule has 0 aliphatic heterocycles. The molecule has 6 heteroatoms. The fraction of sp³-hybridized carbons (Fsp3) is 0. The van der Waals surface area contributed by atoms with Gasteiger partial charge in [0, 0.05) is 17.8 Å². The molecule has 0 amide bonds. The fourth-order valence-corrected chi connectivity index (χ4v) is 2.30. The zero-order valence-electron chi connectivity index (χ0n) is 9.80. The number of benzene rings is 1. The van der Waals surface area contributed by atoms with Crippen molar-refractivity contribution in [1.29, 1.82) is 0 Å². The number of para-hydroxylation sites is 1. The van der Waals surface area contributed by atoms with Gasteiger partial charge in [-0.15, -0.1) is 5.10 Å². The number of pyridine rings is 1. The van der Waals surface area contributed by atoms with Crippen LogP contribution in [0.3, 0.4) is 0 Å².